The van der Waals surface area contributed by atoms with Gasteiger partial charge in [-0.05, 0) is 19.8 Å². The van der Waals surface area contributed by atoms with Crippen molar-refractivity contribution in [3.63, 3.8) is 0 Å². The molecule has 0 radical (unpaired) electrons. The van der Waals surface area contributed by atoms with Gasteiger partial charge in [-0.3, -0.25) is 4.79 Å². The molecule has 0 unspecified atom stereocenters. The van der Waals surface area contributed by atoms with Gasteiger partial charge >= 0.3 is 0 Å². The van der Waals surface area contributed by atoms with E-state index in [4.69, 9.17) is 9.72 Å². The molecule has 2 aliphatic heterocycles. The summed E-state index contributed by atoms with van der Waals surface area (Å²) in [6.07, 6.45) is 1.81. The first kappa shape index (κ1) is 15.8. The second kappa shape index (κ2) is 6.33. The number of carbonyl (C=O) groups excluding carboxylic acids is 1. The molecule has 4 heterocycles. The molecule has 2 aromatic rings. The number of hydrogen-bond acceptors (Lipinski definition) is 6. The number of carbonyl (C=O) groups is 1. The molecule has 7 nitrogen and oxygen atoms in total. The Kier molecular flexibility index (Phi) is 4.17. The van der Waals surface area contributed by atoms with E-state index in [-0.39, 0.29) is 5.92 Å². The lowest BCUT2D eigenvalue weighted by atomic mass is 9.95. The van der Waals surface area contributed by atoms with E-state index in [1.54, 1.807) is 11.3 Å². The molecular formula is C16H23N5O2S. The summed E-state index contributed by atoms with van der Waals surface area (Å²) in [5.74, 6) is 0.458. The van der Waals surface area contributed by atoms with Crippen molar-refractivity contribution in [2.24, 2.45) is 13.0 Å². The van der Waals surface area contributed by atoms with Gasteiger partial charge in [0.05, 0.1) is 23.6 Å². The average molecular weight is 349 g/mol. The maximum absolute atomic E-state index is 12.6. The highest BCUT2D eigenvalue weighted by molar-refractivity contribution is 7.22. The van der Waals surface area contributed by atoms with Crippen molar-refractivity contribution in [1.82, 2.24) is 19.7 Å². The van der Waals surface area contributed by atoms with Crippen LogP contribution in [-0.4, -0.2) is 65.0 Å². The fourth-order valence-corrected chi connectivity index (χ4v) is 4.65. The van der Waals surface area contributed by atoms with Gasteiger partial charge in [0.25, 0.3) is 0 Å². The molecule has 2 aromatic heterocycles. The van der Waals surface area contributed by atoms with Crippen LogP contribution in [-0.2, 0) is 16.6 Å². The van der Waals surface area contributed by atoms with Gasteiger partial charge < -0.3 is 14.5 Å². The normalized spacial score (nSPS) is 20.1. The molecule has 2 fully saturated rings. The number of anilines is 1. The SMILES string of the molecule is Cc1nn(C)c2nc(N3CCC(C(=O)N4CCOCC4)CC3)sc12. The Balaban J connectivity index is 1.41. The van der Waals surface area contributed by atoms with E-state index in [0.29, 0.717) is 19.1 Å². The Labute approximate surface area is 145 Å². The molecule has 0 saturated carbocycles. The molecule has 130 valence electrons. The van der Waals surface area contributed by atoms with E-state index >= 15 is 0 Å². The Morgan fingerprint density at radius 3 is 2.58 bits per heavy atom. The fraction of sp³-hybridized carbons (Fsp3) is 0.688. The average Bonchev–Trinajstić information content (AvgIpc) is 3.17. The standard InChI is InChI=1S/C16H23N5O2S/c1-11-13-14(19(2)18-11)17-16(24-13)21-5-3-12(4-6-21)15(22)20-7-9-23-10-8-20/h12H,3-10H2,1-2H3. The summed E-state index contributed by atoms with van der Waals surface area (Å²) in [4.78, 5) is 21.6. The molecule has 2 saturated heterocycles. The summed E-state index contributed by atoms with van der Waals surface area (Å²) in [7, 11) is 1.94. The highest BCUT2D eigenvalue weighted by atomic mass is 32.1. The van der Waals surface area contributed by atoms with Gasteiger partial charge in [-0.15, -0.1) is 0 Å². The number of morpholine rings is 1. The van der Waals surface area contributed by atoms with Crippen LogP contribution in [0.4, 0.5) is 5.13 Å². The minimum atomic E-state index is 0.150. The molecule has 0 bridgehead atoms. The summed E-state index contributed by atoms with van der Waals surface area (Å²) in [6, 6.07) is 0. The molecule has 0 aromatic carbocycles. The first-order valence-corrected chi connectivity index (χ1v) is 9.37. The van der Waals surface area contributed by atoms with Gasteiger partial charge in [-0.2, -0.15) is 5.10 Å². The molecule has 0 spiro atoms. The molecule has 0 N–H and O–H groups in total. The molecule has 1 amide bonds. The highest BCUT2D eigenvalue weighted by Gasteiger charge is 2.30. The number of hydrogen-bond donors (Lipinski definition) is 0. The molecular weight excluding hydrogens is 326 g/mol. The number of fused-ring (bicyclic) bond motifs is 1. The van der Waals surface area contributed by atoms with E-state index in [0.717, 1.165) is 55.5 Å². The van der Waals surface area contributed by atoms with Crippen LogP contribution in [0.3, 0.4) is 0 Å². The second-order valence-corrected chi connectivity index (χ2v) is 7.53. The number of aryl methyl sites for hydroxylation is 2. The van der Waals surface area contributed by atoms with Crippen LogP contribution in [0.15, 0.2) is 0 Å². The van der Waals surface area contributed by atoms with Crippen LogP contribution in [0, 0.1) is 12.8 Å². The Morgan fingerprint density at radius 2 is 1.92 bits per heavy atom. The number of nitrogens with zero attached hydrogens (tertiary/aromatic N) is 5. The Bertz CT molecular complexity index is 707. The van der Waals surface area contributed by atoms with Gasteiger partial charge in [0.15, 0.2) is 10.8 Å². The zero-order valence-electron chi connectivity index (χ0n) is 14.2. The Morgan fingerprint density at radius 1 is 1.21 bits per heavy atom. The smallest absolute Gasteiger partial charge is 0.225 e. The number of aromatic nitrogens is 3. The van der Waals surface area contributed by atoms with Crippen molar-refractivity contribution in [2.75, 3.05) is 44.3 Å². The summed E-state index contributed by atoms with van der Waals surface area (Å²) >= 11 is 1.71. The number of amides is 1. The lowest BCUT2D eigenvalue weighted by Gasteiger charge is -2.35. The third-order valence-electron chi connectivity index (χ3n) is 4.97. The summed E-state index contributed by atoms with van der Waals surface area (Å²) in [6.45, 7) is 6.64. The monoisotopic (exact) mass is 349 g/mol. The van der Waals surface area contributed by atoms with E-state index in [9.17, 15) is 4.79 Å². The van der Waals surface area contributed by atoms with Crippen molar-refractivity contribution >= 4 is 32.7 Å². The fourth-order valence-electron chi connectivity index (χ4n) is 3.57. The third-order valence-corrected chi connectivity index (χ3v) is 6.18. The van der Waals surface area contributed by atoms with Crippen LogP contribution in [0.25, 0.3) is 10.3 Å². The van der Waals surface area contributed by atoms with Crippen LogP contribution in [0.1, 0.15) is 18.5 Å². The van der Waals surface area contributed by atoms with Crippen molar-refractivity contribution in [3.8, 4) is 0 Å². The van der Waals surface area contributed by atoms with Crippen molar-refractivity contribution in [1.29, 1.82) is 0 Å². The highest BCUT2D eigenvalue weighted by Crippen LogP contribution is 2.33. The van der Waals surface area contributed by atoms with Crippen LogP contribution < -0.4 is 4.90 Å². The van der Waals surface area contributed by atoms with E-state index in [1.807, 2.05) is 23.6 Å². The number of thiazole rings is 1. The third kappa shape index (κ3) is 2.77. The lowest BCUT2D eigenvalue weighted by Crippen LogP contribution is -2.46. The van der Waals surface area contributed by atoms with E-state index in [1.165, 1.54) is 4.70 Å². The predicted molar refractivity (Wildman–Crippen MR) is 93.5 cm³/mol. The van der Waals surface area contributed by atoms with Gasteiger partial charge in [-0.1, -0.05) is 11.3 Å². The van der Waals surface area contributed by atoms with E-state index < -0.39 is 0 Å². The first-order chi connectivity index (χ1) is 11.6. The minimum Gasteiger partial charge on any atom is -0.378 e. The minimum absolute atomic E-state index is 0.150. The largest absolute Gasteiger partial charge is 0.378 e. The molecule has 0 aliphatic carbocycles. The quantitative estimate of drug-likeness (QED) is 0.820. The van der Waals surface area contributed by atoms with Crippen LogP contribution >= 0.6 is 11.3 Å². The Hall–Kier alpha value is -1.67. The lowest BCUT2D eigenvalue weighted by molar-refractivity contribution is -0.140. The van der Waals surface area contributed by atoms with E-state index in [2.05, 4.69) is 10.00 Å². The maximum Gasteiger partial charge on any atom is 0.225 e. The number of piperidine rings is 1. The summed E-state index contributed by atoms with van der Waals surface area (Å²) in [5.41, 5.74) is 1.99. The van der Waals surface area contributed by atoms with Gasteiger partial charge in [0.1, 0.15) is 0 Å². The molecule has 24 heavy (non-hydrogen) atoms. The van der Waals surface area contributed by atoms with Gasteiger partial charge in [0, 0.05) is 39.1 Å². The van der Waals surface area contributed by atoms with Crippen LogP contribution in [0.2, 0.25) is 0 Å². The summed E-state index contributed by atoms with van der Waals surface area (Å²) in [5, 5.41) is 5.46. The van der Waals surface area contributed by atoms with Crippen molar-refractivity contribution in [3.05, 3.63) is 5.69 Å². The predicted octanol–water partition coefficient (Wildman–Crippen LogP) is 1.41. The summed E-state index contributed by atoms with van der Waals surface area (Å²) < 4.78 is 8.35. The zero-order valence-corrected chi connectivity index (χ0v) is 15.0. The second-order valence-electron chi connectivity index (χ2n) is 6.56. The number of rotatable bonds is 2. The number of ether oxygens (including phenoxy) is 1. The van der Waals surface area contributed by atoms with Crippen molar-refractivity contribution < 1.29 is 9.53 Å². The topological polar surface area (TPSA) is 63.5 Å². The zero-order chi connectivity index (χ0) is 16.7. The molecule has 4 rings (SSSR count). The molecule has 2 aliphatic rings. The molecule has 0 atom stereocenters. The van der Waals surface area contributed by atoms with Crippen molar-refractivity contribution in [2.45, 2.75) is 19.8 Å². The molecule has 8 heteroatoms. The van der Waals surface area contributed by atoms with Crippen LogP contribution in [0.5, 0.6) is 0 Å². The van der Waals surface area contributed by atoms with Gasteiger partial charge in [0.2, 0.25) is 5.91 Å². The van der Waals surface area contributed by atoms with Gasteiger partial charge in [-0.25, -0.2) is 9.67 Å². The first-order valence-electron chi connectivity index (χ1n) is 8.55. The maximum atomic E-state index is 12.6.